The van der Waals surface area contributed by atoms with Crippen LogP contribution in [-0.4, -0.2) is 46.6 Å². The zero-order valence-corrected chi connectivity index (χ0v) is 16.2. The summed E-state index contributed by atoms with van der Waals surface area (Å²) in [5.74, 6) is 0.763. The van der Waals surface area contributed by atoms with Gasteiger partial charge in [0.05, 0.1) is 0 Å². The van der Waals surface area contributed by atoms with Crippen LogP contribution in [0.2, 0.25) is 0 Å². The molecule has 5 heteroatoms. The topological polar surface area (TPSA) is 40.6 Å². The quantitative estimate of drug-likeness (QED) is 0.808. The molecule has 26 heavy (non-hydrogen) atoms. The molecule has 0 bridgehead atoms. The number of ketones is 1. The van der Waals surface area contributed by atoms with Crippen LogP contribution in [0.4, 0.5) is 0 Å². The Kier molecular flexibility index (Phi) is 5.37. The first-order valence-electron chi connectivity index (χ1n) is 9.97. The highest BCUT2D eigenvalue weighted by Crippen LogP contribution is 2.33. The van der Waals surface area contributed by atoms with Crippen LogP contribution >= 0.6 is 12.8 Å². The van der Waals surface area contributed by atoms with Crippen LogP contribution in [0, 0.1) is 11.8 Å². The van der Waals surface area contributed by atoms with E-state index in [1.807, 2.05) is 4.90 Å². The molecule has 0 spiro atoms. The van der Waals surface area contributed by atoms with Crippen molar-refractivity contribution in [3.63, 3.8) is 0 Å². The lowest BCUT2D eigenvalue weighted by Crippen LogP contribution is -2.46. The number of likely N-dealkylation sites (tertiary alicyclic amines) is 1. The van der Waals surface area contributed by atoms with Crippen molar-refractivity contribution in [3.8, 4) is 0 Å². The Bertz CT molecular complexity index is 661. The lowest BCUT2D eigenvalue weighted by atomic mass is 9.89. The first kappa shape index (κ1) is 18.1. The fourth-order valence-corrected chi connectivity index (χ4v) is 5.30. The maximum atomic E-state index is 12.9. The summed E-state index contributed by atoms with van der Waals surface area (Å²) >= 11 is 4.50. The Hall–Kier alpha value is -1.33. The summed E-state index contributed by atoms with van der Waals surface area (Å²) in [4.78, 5) is 27.7. The molecular formula is C21H28N2O2S. The number of carbonyl (C=O) groups is 2. The number of Topliss-reactive ketones (excluding diaryl/α,β-unsaturated/α-hetero) is 1. The van der Waals surface area contributed by atoms with Gasteiger partial charge in [-0.2, -0.15) is 0 Å². The van der Waals surface area contributed by atoms with E-state index in [0.29, 0.717) is 12.3 Å². The predicted octanol–water partition coefficient (Wildman–Crippen LogP) is 2.91. The average molecular weight is 373 g/mol. The van der Waals surface area contributed by atoms with Crippen molar-refractivity contribution < 1.29 is 9.59 Å². The van der Waals surface area contributed by atoms with Gasteiger partial charge < -0.3 is 4.90 Å². The number of nitrogens with zero attached hydrogens (tertiary/aromatic N) is 2. The Balaban J connectivity index is 1.34. The van der Waals surface area contributed by atoms with E-state index in [0.717, 1.165) is 58.2 Å². The zero-order valence-electron chi connectivity index (χ0n) is 15.3. The molecule has 1 unspecified atom stereocenters. The Labute approximate surface area is 161 Å². The van der Waals surface area contributed by atoms with Gasteiger partial charge in [-0.3, -0.25) is 9.59 Å². The van der Waals surface area contributed by atoms with Gasteiger partial charge in [-0.05, 0) is 55.6 Å². The van der Waals surface area contributed by atoms with E-state index < -0.39 is 0 Å². The second kappa shape index (κ2) is 7.73. The molecular weight excluding hydrogens is 344 g/mol. The summed E-state index contributed by atoms with van der Waals surface area (Å²) in [7, 11) is 0. The van der Waals surface area contributed by atoms with Gasteiger partial charge in [0, 0.05) is 32.0 Å². The van der Waals surface area contributed by atoms with Gasteiger partial charge in [-0.15, -0.1) is 0 Å². The van der Waals surface area contributed by atoms with Crippen LogP contribution < -0.4 is 0 Å². The molecule has 0 radical (unpaired) electrons. The van der Waals surface area contributed by atoms with Gasteiger partial charge in [0.2, 0.25) is 5.91 Å². The minimum atomic E-state index is -0.357. The van der Waals surface area contributed by atoms with Gasteiger partial charge in [0.1, 0.15) is 11.8 Å². The minimum absolute atomic E-state index is 0.113. The SMILES string of the molecule is O=C(CCC1Cc2ccccc2C1)C1CCN(S)[C@H]1C(=O)N1CCCC1. The van der Waals surface area contributed by atoms with Crippen molar-refractivity contribution in [3.05, 3.63) is 35.4 Å². The number of hydrogen-bond donors (Lipinski definition) is 1. The molecule has 2 fully saturated rings. The predicted molar refractivity (Wildman–Crippen MR) is 105 cm³/mol. The van der Waals surface area contributed by atoms with Crippen LogP contribution in [0.15, 0.2) is 24.3 Å². The maximum Gasteiger partial charge on any atom is 0.241 e. The first-order valence-corrected chi connectivity index (χ1v) is 10.4. The van der Waals surface area contributed by atoms with E-state index in [4.69, 9.17) is 0 Å². The monoisotopic (exact) mass is 372 g/mol. The van der Waals surface area contributed by atoms with Gasteiger partial charge in [-0.25, -0.2) is 4.31 Å². The molecule has 2 saturated heterocycles. The van der Waals surface area contributed by atoms with Crippen molar-refractivity contribution in [2.45, 2.75) is 51.0 Å². The fourth-order valence-electron chi connectivity index (χ4n) is 4.92. The smallest absolute Gasteiger partial charge is 0.241 e. The summed E-state index contributed by atoms with van der Waals surface area (Å²) in [5.41, 5.74) is 2.88. The third kappa shape index (κ3) is 3.56. The number of rotatable bonds is 5. The zero-order chi connectivity index (χ0) is 18.1. The summed E-state index contributed by atoms with van der Waals surface area (Å²) in [6, 6.07) is 8.25. The summed E-state index contributed by atoms with van der Waals surface area (Å²) in [6.07, 6.45) is 6.61. The Morgan fingerprint density at radius 1 is 1.04 bits per heavy atom. The molecule has 140 valence electrons. The van der Waals surface area contributed by atoms with Gasteiger partial charge in [0.15, 0.2) is 0 Å². The highest BCUT2D eigenvalue weighted by molar-refractivity contribution is 7.77. The Morgan fingerprint density at radius 3 is 2.35 bits per heavy atom. The fraction of sp³-hybridized carbons (Fsp3) is 0.619. The van der Waals surface area contributed by atoms with Crippen molar-refractivity contribution in [2.75, 3.05) is 19.6 Å². The maximum absolute atomic E-state index is 12.9. The molecule has 1 aliphatic carbocycles. The van der Waals surface area contributed by atoms with Crippen LogP contribution in [0.5, 0.6) is 0 Å². The van der Waals surface area contributed by atoms with Crippen LogP contribution in [0.3, 0.4) is 0 Å². The number of hydrogen-bond acceptors (Lipinski definition) is 4. The molecule has 0 N–H and O–H groups in total. The number of thiol groups is 1. The van der Waals surface area contributed by atoms with Crippen molar-refractivity contribution in [2.24, 2.45) is 11.8 Å². The van der Waals surface area contributed by atoms with E-state index in [1.54, 1.807) is 4.31 Å². The summed E-state index contributed by atoms with van der Waals surface area (Å²) in [6.45, 7) is 2.38. The van der Waals surface area contributed by atoms with Crippen LogP contribution in [0.25, 0.3) is 0 Å². The lowest BCUT2D eigenvalue weighted by molar-refractivity contribution is -0.138. The molecule has 2 aliphatic heterocycles. The number of carbonyl (C=O) groups excluding carboxylic acids is 2. The van der Waals surface area contributed by atoms with E-state index in [-0.39, 0.29) is 23.7 Å². The molecule has 0 saturated carbocycles. The van der Waals surface area contributed by atoms with Crippen LogP contribution in [0.1, 0.15) is 43.2 Å². The number of fused-ring (bicyclic) bond motifs is 1. The number of benzene rings is 1. The second-order valence-corrected chi connectivity index (χ2v) is 8.60. The third-order valence-corrected chi connectivity index (χ3v) is 6.84. The van der Waals surface area contributed by atoms with Crippen LogP contribution in [-0.2, 0) is 22.4 Å². The van der Waals surface area contributed by atoms with E-state index in [1.165, 1.54) is 11.1 Å². The van der Waals surface area contributed by atoms with Gasteiger partial charge in [-0.1, -0.05) is 37.1 Å². The molecule has 1 aromatic rings. The highest BCUT2D eigenvalue weighted by atomic mass is 32.1. The molecule has 1 amide bonds. The van der Waals surface area contributed by atoms with Crippen molar-refractivity contribution in [1.29, 1.82) is 0 Å². The van der Waals surface area contributed by atoms with Crippen molar-refractivity contribution in [1.82, 2.24) is 9.21 Å². The first-order chi connectivity index (χ1) is 12.6. The molecule has 1 aromatic carbocycles. The molecule has 0 aromatic heterocycles. The Morgan fingerprint density at radius 2 is 1.69 bits per heavy atom. The third-order valence-electron chi connectivity index (χ3n) is 6.39. The van der Waals surface area contributed by atoms with Gasteiger partial charge >= 0.3 is 0 Å². The highest BCUT2D eigenvalue weighted by Gasteiger charge is 2.43. The molecule has 4 nitrogen and oxygen atoms in total. The molecule has 4 rings (SSSR count). The second-order valence-electron chi connectivity index (χ2n) is 8.08. The number of amides is 1. The summed E-state index contributed by atoms with van der Waals surface area (Å²) < 4.78 is 1.80. The average Bonchev–Trinajstić information content (AvgIpc) is 3.37. The normalized spacial score (nSPS) is 26.4. The lowest BCUT2D eigenvalue weighted by Gasteiger charge is -2.27. The summed E-state index contributed by atoms with van der Waals surface area (Å²) in [5, 5.41) is 0. The molecule has 2 atom stereocenters. The standard InChI is InChI=1S/C21H28N2O2S/c24-19(8-7-15-13-16-5-1-2-6-17(16)14-15)18-9-12-23(26)20(18)21(25)22-10-3-4-11-22/h1-2,5-6,15,18,20,26H,3-4,7-14H2/t18?,20-/m1/s1. The van der Waals surface area contributed by atoms with E-state index in [9.17, 15) is 9.59 Å². The minimum Gasteiger partial charge on any atom is -0.341 e. The molecule has 3 aliphatic rings. The van der Waals surface area contributed by atoms with Crippen molar-refractivity contribution >= 4 is 24.5 Å². The molecule has 2 heterocycles. The van der Waals surface area contributed by atoms with Gasteiger partial charge in [0.25, 0.3) is 0 Å². The largest absolute Gasteiger partial charge is 0.341 e. The van der Waals surface area contributed by atoms with E-state index in [2.05, 4.69) is 37.1 Å². The van der Waals surface area contributed by atoms with E-state index >= 15 is 0 Å².